The van der Waals surface area contributed by atoms with Gasteiger partial charge in [0.05, 0.1) is 12.0 Å². The van der Waals surface area contributed by atoms with Gasteiger partial charge in [0.2, 0.25) is 0 Å². The van der Waals surface area contributed by atoms with Gasteiger partial charge in [0, 0.05) is 44.2 Å². The molecular formula is C17H20N4O2S. The van der Waals surface area contributed by atoms with Gasteiger partial charge in [0.25, 0.3) is 5.91 Å². The van der Waals surface area contributed by atoms with Crippen molar-refractivity contribution in [3.05, 3.63) is 47.1 Å². The zero-order chi connectivity index (χ0) is 16.4. The van der Waals surface area contributed by atoms with E-state index < -0.39 is 0 Å². The Kier molecular flexibility index (Phi) is 4.36. The van der Waals surface area contributed by atoms with E-state index in [1.807, 2.05) is 33.0 Å². The molecule has 1 aliphatic rings. The summed E-state index contributed by atoms with van der Waals surface area (Å²) in [5, 5.41) is 5.41. The zero-order valence-corrected chi connectivity index (χ0v) is 14.2. The van der Waals surface area contributed by atoms with Gasteiger partial charge in [0.1, 0.15) is 5.76 Å². The van der Waals surface area contributed by atoms with Crippen LogP contribution in [-0.2, 0) is 13.0 Å². The third-order valence-electron chi connectivity index (χ3n) is 4.38. The summed E-state index contributed by atoms with van der Waals surface area (Å²) in [7, 11) is 0. The van der Waals surface area contributed by atoms with Gasteiger partial charge in [-0.25, -0.2) is 4.98 Å². The summed E-state index contributed by atoms with van der Waals surface area (Å²) in [6, 6.07) is 3.87. The van der Waals surface area contributed by atoms with Gasteiger partial charge >= 0.3 is 0 Å². The number of nitrogens with zero attached hydrogens (tertiary/aromatic N) is 3. The first kappa shape index (κ1) is 15.4. The number of carbonyl (C=O) groups excluding carboxylic acids is 1. The molecular weight excluding hydrogens is 324 g/mol. The van der Waals surface area contributed by atoms with E-state index in [-0.39, 0.29) is 5.91 Å². The Labute approximate surface area is 144 Å². The molecule has 6 nitrogen and oxygen atoms in total. The second kappa shape index (κ2) is 6.78. The summed E-state index contributed by atoms with van der Waals surface area (Å²) in [4.78, 5) is 20.1. The fraction of sp³-hybridized carbons (Fsp3) is 0.412. The number of thiazole rings is 1. The monoisotopic (exact) mass is 344 g/mol. The lowest BCUT2D eigenvalue weighted by Crippen LogP contribution is -2.29. The SMILES string of the molecule is O=C(c1nc2sccn2c1CNCCc1ccco1)N1CCCC1. The summed E-state index contributed by atoms with van der Waals surface area (Å²) in [6.45, 7) is 3.10. The number of amides is 1. The predicted molar refractivity (Wildman–Crippen MR) is 92.3 cm³/mol. The number of hydrogen-bond donors (Lipinski definition) is 1. The molecule has 0 saturated carbocycles. The summed E-state index contributed by atoms with van der Waals surface area (Å²) in [6.07, 6.45) is 6.68. The van der Waals surface area contributed by atoms with Crippen LogP contribution in [0.1, 0.15) is 34.8 Å². The smallest absolute Gasteiger partial charge is 0.274 e. The molecule has 0 bridgehead atoms. The highest BCUT2D eigenvalue weighted by Crippen LogP contribution is 2.20. The Morgan fingerprint density at radius 3 is 3.04 bits per heavy atom. The molecule has 0 aliphatic carbocycles. The van der Waals surface area contributed by atoms with Gasteiger partial charge in [-0.05, 0) is 25.0 Å². The molecule has 4 heterocycles. The van der Waals surface area contributed by atoms with E-state index in [1.54, 1.807) is 17.6 Å². The first-order chi connectivity index (χ1) is 11.8. The molecule has 0 radical (unpaired) electrons. The Morgan fingerprint density at radius 2 is 2.25 bits per heavy atom. The number of fused-ring (bicyclic) bond motifs is 1. The van der Waals surface area contributed by atoms with Crippen molar-refractivity contribution in [2.24, 2.45) is 0 Å². The van der Waals surface area contributed by atoms with Crippen LogP contribution in [0.3, 0.4) is 0 Å². The lowest BCUT2D eigenvalue weighted by Gasteiger charge is -2.14. The van der Waals surface area contributed by atoms with E-state index in [9.17, 15) is 4.79 Å². The molecule has 1 N–H and O–H groups in total. The molecule has 1 fully saturated rings. The van der Waals surface area contributed by atoms with Crippen molar-refractivity contribution < 1.29 is 9.21 Å². The number of rotatable bonds is 6. The third kappa shape index (κ3) is 2.97. The molecule has 0 aromatic carbocycles. The van der Waals surface area contributed by atoms with Crippen LogP contribution in [0.5, 0.6) is 0 Å². The summed E-state index contributed by atoms with van der Waals surface area (Å²) < 4.78 is 7.36. The molecule has 1 amide bonds. The van der Waals surface area contributed by atoms with Crippen LogP contribution in [0.15, 0.2) is 34.4 Å². The standard InChI is InChI=1S/C17H20N4O2S/c22-16(20-7-1-2-8-20)15-14(21-9-11-24-17(21)19-15)12-18-6-5-13-4-3-10-23-13/h3-4,9-11,18H,1-2,5-8,12H2. The van der Waals surface area contributed by atoms with E-state index in [2.05, 4.69) is 10.3 Å². The normalized spacial score (nSPS) is 14.8. The molecule has 126 valence electrons. The van der Waals surface area contributed by atoms with Crippen molar-refractivity contribution in [3.8, 4) is 0 Å². The maximum Gasteiger partial charge on any atom is 0.274 e. The van der Waals surface area contributed by atoms with E-state index in [4.69, 9.17) is 4.42 Å². The lowest BCUT2D eigenvalue weighted by atomic mass is 10.2. The fourth-order valence-electron chi connectivity index (χ4n) is 3.12. The number of carbonyl (C=O) groups is 1. The maximum absolute atomic E-state index is 12.8. The summed E-state index contributed by atoms with van der Waals surface area (Å²) in [5.41, 5.74) is 1.54. The minimum atomic E-state index is 0.0613. The molecule has 0 spiro atoms. The summed E-state index contributed by atoms with van der Waals surface area (Å²) >= 11 is 1.56. The highest BCUT2D eigenvalue weighted by atomic mass is 32.1. The average Bonchev–Trinajstić information content (AvgIpc) is 3.37. The van der Waals surface area contributed by atoms with E-state index in [0.29, 0.717) is 12.2 Å². The molecule has 0 unspecified atom stereocenters. The van der Waals surface area contributed by atoms with Crippen LogP contribution in [0.4, 0.5) is 0 Å². The first-order valence-electron chi connectivity index (χ1n) is 8.30. The van der Waals surface area contributed by atoms with E-state index in [0.717, 1.165) is 55.3 Å². The average molecular weight is 344 g/mol. The second-order valence-corrected chi connectivity index (χ2v) is 6.84. The highest BCUT2D eigenvalue weighted by Gasteiger charge is 2.26. The van der Waals surface area contributed by atoms with Gasteiger partial charge in [0.15, 0.2) is 10.7 Å². The van der Waals surface area contributed by atoms with Crippen LogP contribution in [0.2, 0.25) is 0 Å². The van der Waals surface area contributed by atoms with Gasteiger partial charge in [-0.1, -0.05) is 0 Å². The van der Waals surface area contributed by atoms with Crippen LogP contribution in [0.25, 0.3) is 4.96 Å². The Bertz CT molecular complexity index is 815. The molecule has 24 heavy (non-hydrogen) atoms. The van der Waals surface area contributed by atoms with E-state index >= 15 is 0 Å². The molecule has 7 heteroatoms. The second-order valence-electron chi connectivity index (χ2n) is 5.97. The number of nitrogens with one attached hydrogen (secondary N) is 1. The Morgan fingerprint density at radius 1 is 1.38 bits per heavy atom. The van der Waals surface area contributed by atoms with Gasteiger partial charge < -0.3 is 14.6 Å². The molecule has 1 saturated heterocycles. The van der Waals surface area contributed by atoms with Gasteiger partial charge in [-0.3, -0.25) is 9.20 Å². The quantitative estimate of drug-likeness (QED) is 0.698. The lowest BCUT2D eigenvalue weighted by molar-refractivity contribution is 0.0786. The Hall–Kier alpha value is -2.12. The number of furan rings is 1. The van der Waals surface area contributed by atoms with Crippen molar-refractivity contribution in [1.82, 2.24) is 19.6 Å². The summed E-state index contributed by atoms with van der Waals surface area (Å²) in [5.74, 6) is 1.02. The number of hydrogen-bond acceptors (Lipinski definition) is 5. The van der Waals surface area contributed by atoms with E-state index in [1.165, 1.54) is 0 Å². The molecule has 0 atom stereocenters. The van der Waals surface area contributed by atoms with Crippen molar-refractivity contribution in [1.29, 1.82) is 0 Å². The van der Waals surface area contributed by atoms with Crippen LogP contribution < -0.4 is 5.32 Å². The maximum atomic E-state index is 12.8. The first-order valence-corrected chi connectivity index (χ1v) is 9.18. The van der Waals surface area contributed by atoms with Crippen molar-refractivity contribution >= 4 is 22.2 Å². The molecule has 1 aliphatic heterocycles. The van der Waals surface area contributed by atoms with Gasteiger partial charge in [-0.2, -0.15) is 0 Å². The Balaban J connectivity index is 1.48. The number of aromatic nitrogens is 2. The molecule has 4 rings (SSSR count). The largest absolute Gasteiger partial charge is 0.469 e. The number of likely N-dealkylation sites (tertiary alicyclic amines) is 1. The molecule has 3 aromatic heterocycles. The van der Waals surface area contributed by atoms with Gasteiger partial charge in [-0.15, -0.1) is 11.3 Å². The minimum absolute atomic E-state index is 0.0613. The van der Waals surface area contributed by atoms with Crippen LogP contribution in [-0.4, -0.2) is 39.8 Å². The topological polar surface area (TPSA) is 62.8 Å². The third-order valence-corrected chi connectivity index (χ3v) is 5.13. The van der Waals surface area contributed by atoms with Crippen molar-refractivity contribution in [2.75, 3.05) is 19.6 Å². The predicted octanol–water partition coefficient (Wildman–Crippen LogP) is 2.56. The highest BCUT2D eigenvalue weighted by molar-refractivity contribution is 7.15. The van der Waals surface area contributed by atoms with Crippen LogP contribution in [0, 0.1) is 0 Å². The van der Waals surface area contributed by atoms with Crippen molar-refractivity contribution in [3.63, 3.8) is 0 Å². The van der Waals surface area contributed by atoms with Crippen LogP contribution >= 0.6 is 11.3 Å². The molecule has 3 aromatic rings. The fourth-order valence-corrected chi connectivity index (χ4v) is 3.85. The number of imidazole rings is 1. The minimum Gasteiger partial charge on any atom is -0.469 e. The zero-order valence-electron chi connectivity index (χ0n) is 13.4. The van der Waals surface area contributed by atoms with Crippen molar-refractivity contribution in [2.45, 2.75) is 25.8 Å².